The van der Waals surface area contributed by atoms with Crippen LogP contribution in [0.2, 0.25) is 0 Å². The summed E-state index contributed by atoms with van der Waals surface area (Å²) in [4.78, 5) is 2.20. The van der Waals surface area contributed by atoms with Crippen molar-refractivity contribution in [1.82, 2.24) is 4.90 Å². The fourth-order valence-corrected chi connectivity index (χ4v) is 4.35. The van der Waals surface area contributed by atoms with Crippen molar-refractivity contribution < 1.29 is 18.0 Å². The maximum atomic E-state index is 12.8. The summed E-state index contributed by atoms with van der Waals surface area (Å²) < 4.78 is 29.2. The third-order valence-corrected chi connectivity index (χ3v) is 5.74. The van der Waals surface area contributed by atoms with Gasteiger partial charge in [0.2, 0.25) is 5.76 Å². The first-order valence-electron chi connectivity index (χ1n) is 8.09. The van der Waals surface area contributed by atoms with Crippen LogP contribution < -0.4 is 0 Å². The van der Waals surface area contributed by atoms with Gasteiger partial charge in [0.15, 0.2) is 0 Å². The van der Waals surface area contributed by atoms with Crippen molar-refractivity contribution in [3.05, 3.63) is 23.2 Å². The molecule has 0 aliphatic heterocycles. The van der Waals surface area contributed by atoms with Crippen LogP contribution in [0.3, 0.4) is 0 Å². The summed E-state index contributed by atoms with van der Waals surface area (Å²) >= 11 is 0. The summed E-state index contributed by atoms with van der Waals surface area (Å²) in [7, 11) is -3.24. The van der Waals surface area contributed by atoms with Gasteiger partial charge in [-0.05, 0) is 39.9 Å². The Morgan fingerprint density at radius 3 is 2.26 bits per heavy atom. The second kappa shape index (κ2) is 9.24. The van der Waals surface area contributed by atoms with Gasteiger partial charge in [-0.15, -0.1) is 0 Å². The number of nitrogens with zero attached hydrogens (tertiary/aromatic N) is 2. The standard InChI is InChI=1S/C16H27N2O4P/c1-6-18(7-2)13(5)16-14(10-15(11-17)22-16)12-23(19,20-8-3)21-9-4/h10,13H,6-9,12H2,1-5H3. The Hall–Kier alpha value is -1.12. The highest BCUT2D eigenvalue weighted by Crippen LogP contribution is 2.52. The average Bonchev–Trinajstić information content (AvgIpc) is 2.91. The second-order valence-electron chi connectivity index (χ2n) is 5.11. The zero-order valence-electron chi connectivity index (χ0n) is 14.7. The fourth-order valence-electron chi connectivity index (χ4n) is 2.64. The van der Waals surface area contributed by atoms with E-state index in [1.54, 1.807) is 19.9 Å². The Bertz CT molecular complexity index is 565. The molecule has 0 bridgehead atoms. The Balaban J connectivity index is 3.17. The minimum Gasteiger partial charge on any atom is -0.449 e. The lowest BCUT2D eigenvalue weighted by molar-refractivity contribution is 0.204. The number of hydrogen-bond donors (Lipinski definition) is 0. The molecule has 0 aliphatic carbocycles. The van der Waals surface area contributed by atoms with Gasteiger partial charge < -0.3 is 13.5 Å². The minimum absolute atomic E-state index is 0.0150. The van der Waals surface area contributed by atoms with Gasteiger partial charge in [0, 0.05) is 5.56 Å². The minimum atomic E-state index is -3.24. The smallest absolute Gasteiger partial charge is 0.335 e. The normalized spacial score (nSPS) is 13.3. The summed E-state index contributed by atoms with van der Waals surface area (Å²) in [5, 5.41) is 9.13. The van der Waals surface area contributed by atoms with E-state index in [2.05, 4.69) is 18.7 Å². The van der Waals surface area contributed by atoms with Crippen molar-refractivity contribution in [1.29, 1.82) is 5.26 Å². The summed E-state index contributed by atoms with van der Waals surface area (Å²) in [6, 6.07) is 3.63. The number of nitriles is 1. The Labute approximate surface area is 138 Å². The van der Waals surface area contributed by atoms with E-state index in [4.69, 9.17) is 18.7 Å². The molecule has 23 heavy (non-hydrogen) atoms. The molecule has 1 aromatic rings. The van der Waals surface area contributed by atoms with Crippen molar-refractivity contribution in [3.8, 4) is 6.07 Å². The van der Waals surface area contributed by atoms with Crippen molar-refractivity contribution >= 4 is 7.60 Å². The van der Waals surface area contributed by atoms with Crippen LogP contribution in [0.25, 0.3) is 0 Å². The summed E-state index contributed by atoms with van der Waals surface area (Å²) in [5.41, 5.74) is 0.714. The first-order valence-corrected chi connectivity index (χ1v) is 9.82. The molecule has 0 fully saturated rings. The highest BCUT2D eigenvalue weighted by molar-refractivity contribution is 7.53. The lowest BCUT2D eigenvalue weighted by atomic mass is 10.1. The highest BCUT2D eigenvalue weighted by Gasteiger charge is 2.30. The van der Waals surface area contributed by atoms with Crippen LogP contribution in [0.1, 0.15) is 57.7 Å². The molecule has 0 aromatic carbocycles. The van der Waals surface area contributed by atoms with Crippen LogP contribution in [0, 0.1) is 11.3 Å². The van der Waals surface area contributed by atoms with Gasteiger partial charge in [-0.25, -0.2) is 0 Å². The van der Waals surface area contributed by atoms with Gasteiger partial charge >= 0.3 is 7.60 Å². The molecular weight excluding hydrogens is 315 g/mol. The lowest BCUT2D eigenvalue weighted by Gasteiger charge is -2.26. The summed E-state index contributed by atoms with van der Waals surface area (Å²) in [6.07, 6.45) is 0.112. The Morgan fingerprint density at radius 1 is 1.26 bits per heavy atom. The topological polar surface area (TPSA) is 75.7 Å². The molecular formula is C16H27N2O4P. The van der Waals surface area contributed by atoms with Crippen LogP contribution in [0.15, 0.2) is 10.5 Å². The van der Waals surface area contributed by atoms with Gasteiger partial charge in [0.05, 0.1) is 25.4 Å². The van der Waals surface area contributed by atoms with Crippen molar-refractivity contribution in [3.63, 3.8) is 0 Å². The molecule has 6 nitrogen and oxygen atoms in total. The van der Waals surface area contributed by atoms with E-state index in [-0.39, 0.29) is 18.0 Å². The van der Waals surface area contributed by atoms with E-state index in [1.807, 2.05) is 13.0 Å². The van der Waals surface area contributed by atoms with Gasteiger partial charge in [0.1, 0.15) is 11.8 Å². The van der Waals surface area contributed by atoms with Crippen molar-refractivity contribution in [2.45, 2.75) is 46.8 Å². The van der Waals surface area contributed by atoms with E-state index >= 15 is 0 Å². The molecule has 0 saturated carbocycles. The van der Waals surface area contributed by atoms with E-state index in [1.165, 1.54) is 0 Å². The van der Waals surface area contributed by atoms with Crippen LogP contribution in [0.4, 0.5) is 0 Å². The van der Waals surface area contributed by atoms with Crippen molar-refractivity contribution in [2.24, 2.45) is 0 Å². The van der Waals surface area contributed by atoms with Crippen LogP contribution >= 0.6 is 7.60 Å². The second-order valence-corrected chi connectivity index (χ2v) is 7.17. The Kier molecular flexibility index (Phi) is 8.01. The maximum absolute atomic E-state index is 12.8. The lowest BCUT2D eigenvalue weighted by Crippen LogP contribution is -2.26. The molecule has 1 aromatic heterocycles. The first kappa shape index (κ1) is 19.9. The molecule has 0 N–H and O–H groups in total. The van der Waals surface area contributed by atoms with Crippen LogP contribution in [-0.2, 0) is 19.8 Å². The molecule has 0 amide bonds. The molecule has 1 rings (SSSR count). The maximum Gasteiger partial charge on any atom is 0.335 e. The molecule has 0 spiro atoms. The van der Waals surface area contributed by atoms with Gasteiger partial charge in [-0.1, -0.05) is 13.8 Å². The number of hydrogen-bond acceptors (Lipinski definition) is 6. The quantitative estimate of drug-likeness (QED) is 0.589. The predicted octanol–water partition coefficient (Wildman–Crippen LogP) is 4.32. The van der Waals surface area contributed by atoms with Gasteiger partial charge in [0.25, 0.3) is 0 Å². The summed E-state index contributed by atoms with van der Waals surface area (Å²) in [6.45, 7) is 12.0. The van der Waals surface area contributed by atoms with Crippen molar-refractivity contribution in [2.75, 3.05) is 26.3 Å². The largest absolute Gasteiger partial charge is 0.449 e. The van der Waals surface area contributed by atoms with E-state index in [0.717, 1.165) is 13.1 Å². The molecule has 7 heteroatoms. The monoisotopic (exact) mass is 342 g/mol. The zero-order valence-corrected chi connectivity index (χ0v) is 15.6. The van der Waals surface area contributed by atoms with Gasteiger partial charge in [-0.3, -0.25) is 9.46 Å². The summed E-state index contributed by atoms with van der Waals surface area (Å²) in [5.74, 6) is 0.874. The third kappa shape index (κ3) is 5.19. The Morgan fingerprint density at radius 2 is 1.83 bits per heavy atom. The molecule has 0 radical (unpaired) electrons. The van der Waals surface area contributed by atoms with E-state index in [9.17, 15) is 4.57 Å². The number of rotatable bonds is 10. The molecule has 1 unspecified atom stereocenters. The number of furan rings is 1. The van der Waals surface area contributed by atoms with Crippen LogP contribution in [0.5, 0.6) is 0 Å². The average molecular weight is 342 g/mol. The third-order valence-electron chi connectivity index (χ3n) is 3.71. The first-order chi connectivity index (χ1) is 10.9. The van der Waals surface area contributed by atoms with Gasteiger partial charge in [-0.2, -0.15) is 5.26 Å². The fraction of sp³-hybridized carbons (Fsp3) is 0.688. The molecule has 130 valence electrons. The molecule has 1 atom stereocenters. The molecule has 0 aliphatic rings. The zero-order chi connectivity index (χ0) is 17.5. The molecule has 1 heterocycles. The predicted molar refractivity (Wildman–Crippen MR) is 89.3 cm³/mol. The SMILES string of the molecule is CCOP(=O)(Cc1cc(C#N)oc1C(C)N(CC)CC)OCC. The van der Waals surface area contributed by atoms with Crippen LogP contribution in [-0.4, -0.2) is 31.2 Å². The highest BCUT2D eigenvalue weighted by atomic mass is 31.2. The van der Waals surface area contributed by atoms with E-state index in [0.29, 0.717) is 24.5 Å². The molecule has 0 saturated heterocycles. The van der Waals surface area contributed by atoms with E-state index < -0.39 is 7.60 Å².